The zero-order chi connectivity index (χ0) is 8.39. The highest BCUT2D eigenvalue weighted by Gasteiger charge is 2.18. The lowest BCUT2D eigenvalue weighted by Gasteiger charge is -2.22. The molecule has 0 spiro atoms. The van der Waals surface area contributed by atoms with Crippen LogP contribution >= 0.6 is 0 Å². The van der Waals surface area contributed by atoms with Crippen molar-refractivity contribution in [1.82, 2.24) is 20.6 Å². The van der Waals surface area contributed by atoms with Crippen LogP contribution in [0.2, 0.25) is 0 Å². The van der Waals surface area contributed by atoms with Crippen molar-refractivity contribution in [3.63, 3.8) is 0 Å². The van der Waals surface area contributed by atoms with Crippen molar-refractivity contribution >= 4 is 0 Å². The summed E-state index contributed by atoms with van der Waals surface area (Å²) in [5, 5.41) is 6.59. The van der Waals surface area contributed by atoms with E-state index in [1.165, 1.54) is 11.4 Å². The highest BCUT2D eigenvalue weighted by atomic mass is 15.0. The first-order valence-corrected chi connectivity index (χ1v) is 4.29. The van der Waals surface area contributed by atoms with E-state index in [0.717, 1.165) is 19.5 Å². The molecular weight excluding hydrogens is 152 g/mol. The molecule has 1 unspecified atom stereocenters. The van der Waals surface area contributed by atoms with Crippen LogP contribution in [0.25, 0.3) is 0 Å². The van der Waals surface area contributed by atoms with E-state index in [1.54, 1.807) is 6.33 Å². The van der Waals surface area contributed by atoms with Crippen molar-refractivity contribution in [2.24, 2.45) is 0 Å². The highest BCUT2D eigenvalue weighted by Crippen LogP contribution is 2.11. The summed E-state index contributed by atoms with van der Waals surface area (Å²) in [6, 6.07) is 0.533. The second-order valence-electron chi connectivity index (χ2n) is 3.17. The summed E-state index contributed by atoms with van der Waals surface area (Å²) in [6.07, 6.45) is 2.80. The van der Waals surface area contributed by atoms with Gasteiger partial charge in [0, 0.05) is 25.6 Å². The molecule has 1 aliphatic rings. The molecule has 1 aromatic heterocycles. The Labute approximate surface area is 71.8 Å². The fourth-order valence-corrected chi connectivity index (χ4v) is 1.62. The molecular formula is C8H14N4. The number of nitrogens with zero attached hydrogens (tertiary/aromatic N) is 1. The van der Waals surface area contributed by atoms with Gasteiger partial charge in [0.25, 0.3) is 0 Å². The van der Waals surface area contributed by atoms with Gasteiger partial charge in [0.2, 0.25) is 0 Å². The largest absolute Gasteiger partial charge is 0.347 e. The van der Waals surface area contributed by atoms with Crippen LogP contribution in [0.3, 0.4) is 0 Å². The summed E-state index contributed by atoms with van der Waals surface area (Å²) in [7, 11) is 1.97. The smallest absolute Gasteiger partial charge is 0.0925 e. The minimum atomic E-state index is 0.533. The number of imidazole rings is 1. The Hall–Kier alpha value is -0.870. The van der Waals surface area contributed by atoms with Gasteiger partial charge in [-0.25, -0.2) is 4.98 Å². The molecule has 3 N–H and O–H groups in total. The Balaban J connectivity index is 2.05. The molecule has 4 heteroatoms. The van der Waals surface area contributed by atoms with Crippen molar-refractivity contribution < 1.29 is 0 Å². The number of hydrogen-bond acceptors (Lipinski definition) is 3. The minimum absolute atomic E-state index is 0.533. The Morgan fingerprint density at radius 3 is 3.50 bits per heavy atom. The molecule has 0 bridgehead atoms. The molecule has 0 aliphatic carbocycles. The number of nitrogens with one attached hydrogen (secondary N) is 3. The number of aromatic amines is 1. The second-order valence-corrected chi connectivity index (χ2v) is 3.17. The molecule has 66 valence electrons. The molecule has 0 saturated heterocycles. The first kappa shape index (κ1) is 7.76. The summed E-state index contributed by atoms with van der Waals surface area (Å²) < 4.78 is 0. The number of H-pyrrole nitrogens is 1. The first-order chi connectivity index (χ1) is 5.90. The third-order valence-corrected chi connectivity index (χ3v) is 2.27. The van der Waals surface area contributed by atoms with Crippen LogP contribution in [0.1, 0.15) is 11.4 Å². The summed E-state index contributed by atoms with van der Waals surface area (Å²) in [5.41, 5.74) is 2.45. The maximum atomic E-state index is 4.27. The Bertz CT molecular complexity index is 255. The fraction of sp³-hybridized carbons (Fsp3) is 0.625. The Kier molecular flexibility index (Phi) is 2.10. The van der Waals surface area contributed by atoms with E-state index in [0.29, 0.717) is 6.04 Å². The Morgan fingerprint density at radius 2 is 2.67 bits per heavy atom. The molecule has 0 fully saturated rings. The average Bonchev–Trinajstić information content (AvgIpc) is 2.51. The van der Waals surface area contributed by atoms with Gasteiger partial charge in [0.15, 0.2) is 0 Å². The average molecular weight is 166 g/mol. The van der Waals surface area contributed by atoms with Gasteiger partial charge in [-0.15, -0.1) is 0 Å². The topological polar surface area (TPSA) is 52.7 Å². The summed E-state index contributed by atoms with van der Waals surface area (Å²) in [6.45, 7) is 1.92. The van der Waals surface area contributed by atoms with E-state index in [4.69, 9.17) is 0 Å². The van der Waals surface area contributed by atoms with Crippen molar-refractivity contribution in [2.45, 2.75) is 19.0 Å². The van der Waals surface area contributed by atoms with E-state index in [1.807, 2.05) is 7.05 Å². The second kappa shape index (κ2) is 3.25. The van der Waals surface area contributed by atoms with Crippen molar-refractivity contribution in [1.29, 1.82) is 0 Å². The molecule has 0 radical (unpaired) electrons. The van der Waals surface area contributed by atoms with Gasteiger partial charge in [-0.3, -0.25) is 0 Å². The SMILES string of the molecule is CNCC1Cc2nc[nH]c2CN1. The summed E-state index contributed by atoms with van der Waals surface area (Å²) in [4.78, 5) is 7.39. The van der Waals surface area contributed by atoms with E-state index in [2.05, 4.69) is 20.6 Å². The predicted octanol–water partition coefficient (Wildman–Crippen LogP) is -0.357. The van der Waals surface area contributed by atoms with Crippen LogP contribution in [0.5, 0.6) is 0 Å². The quantitative estimate of drug-likeness (QED) is 0.562. The zero-order valence-electron chi connectivity index (χ0n) is 7.22. The van der Waals surface area contributed by atoms with E-state index in [-0.39, 0.29) is 0 Å². The van der Waals surface area contributed by atoms with E-state index < -0.39 is 0 Å². The van der Waals surface area contributed by atoms with Gasteiger partial charge in [0.05, 0.1) is 17.7 Å². The van der Waals surface area contributed by atoms with Gasteiger partial charge >= 0.3 is 0 Å². The lowest BCUT2D eigenvalue weighted by molar-refractivity contribution is 0.455. The van der Waals surface area contributed by atoms with Crippen molar-refractivity contribution in [2.75, 3.05) is 13.6 Å². The molecule has 12 heavy (non-hydrogen) atoms. The summed E-state index contributed by atoms with van der Waals surface area (Å²) in [5.74, 6) is 0. The van der Waals surface area contributed by atoms with E-state index >= 15 is 0 Å². The Morgan fingerprint density at radius 1 is 1.75 bits per heavy atom. The maximum Gasteiger partial charge on any atom is 0.0925 e. The molecule has 0 aromatic carbocycles. The fourth-order valence-electron chi connectivity index (χ4n) is 1.62. The zero-order valence-corrected chi connectivity index (χ0v) is 7.22. The standard InChI is InChI=1S/C8H14N4/c1-9-3-6-2-7-8(4-10-6)12-5-11-7/h5-6,9-10H,2-4H2,1H3,(H,11,12). The lowest BCUT2D eigenvalue weighted by Crippen LogP contribution is -2.42. The molecule has 2 rings (SSSR count). The molecule has 2 heterocycles. The van der Waals surface area contributed by atoms with Gasteiger partial charge < -0.3 is 15.6 Å². The lowest BCUT2D eigenvalue weighted by atomic mass is 10.1. The van der Waals surface area contributed by atoms with Gasteiger partial charge in [-0.1, -0.05) is 0 Å². The molecule has 1 aliphatic heterocycles. The number of aromatic nitrogens is 2. The van der Waals surface area contributed by atoms with Crippen LogP contribution in [0, 0.1) is 0 Å². The number of hydrogen-bond donors (Lipinski definition) is 3. The molecule has 1 atom stereocenters. The third-order valence-electron chi connectivity index (χ3n) is 2.27. The van der Waals surface area contributed by atoms with Crippen molar-refractivity contribution in [3.05, 3.63) is 17.7 Å². The number of likely N-dealkylation sites (N-methyl/N-ethyl adjacent to an activating group) is 1. The van der Waals surface area contributed by atoms with Crippen LogP contribution in [-0.4, -0.2) is 29.6 Å². The van der Waals surface area contributed by atoms with Gasteiger partial charge in [0.1, 0.15) is 0 Å². The monoisotopic (exact) mass is 166 g/mol. The van der Waals surface area contributed by atoms with Crippen molar-refractivity contribution in [3.8, 4) is 0 Å². The van der Waals surface area contributed by atoms with Crippen LogP contribution in [0.4, 0.5) is 0 Å². The highest BCUT2D eigenvalue weighted by molar-refractivity contribution is 5.15. The first-order valence-electron chi connectivity index (χ1n) is 4.29. The van der Waals surface area contributed by atoms with E-state index in [9.17, 15) is 0 Å². The third kappa shape index (κ3) is 1.35. The maximum absolute atomic E-state index is 4.27. The number of fused-ring (bicyclic) bond motifs is 1. The molecule has 0 saturated carbocycles. The van der Waals surface area contributed by atoms with Gasteiger partial charge in [-0.05, 0) is 7.05 Å². The minimum Gasteiger partial charge on any atom is -0.347 e. The molecule has 1 aromatic rings. The predicted molar refractivity (Wildman–Crippen MR) is 46.8 cm³/mol. The van der Waals surface area contributed by atoms with Crippen LogP contribution in [-0.2, 0) is 13.0 Å². The van der Waals surface area contributed by atoms with Crippen LogP contribution in [0.15, 0.2) is 6.33 Å². The van der Waals surface area contributed by atoms with Gasteiger partial charge in [-0.2, -0.15) is 0 Å². The van der Waals surface area contributed by atoms with Crippen LogP contribution < -0.4 is 10.6 Å². The summed E-state index contributed by atoms with van der Waals surface area (Å²) >= 11 is 0. The number of rotatable bonds is 2. The normalized spacial score (nSPS) is 22.2. The molecule has 4 nitrogen and oxygen atoms in total. The molecule has 0 amide bonds.